The Bertz CT molecular complexity index is 3010. The lowest BCUT2D eigenvalue weighted by Gasteiger charge is -2.24. The van der Waals surface area contributed by atoms with E-state index in [9.17, 15) is 0 Å². The summed E-state index contributed by atoms with van der Waals surface area (Å²) in [6, 6.07) is 64.1. The van der Waals surface area contributed by atoms with E-state index in [4.69, 9.17) is 19.9 Å². The molecule has 0 saturated carbocycles. The Kier molecular flexibility index (Phi) is 7.76. The standard InChI is InChI=1S/C53H37N5/c1-53(2)46-33-40(58-47-21-10-9-17-42(47)44-20-12-32-54-52(44)58)30-31-41(46)43-18-11-19-45(48(43)53)51-56-49(38-26-22-36(23-27-38)34-13-5-3-6-14-34)55-50(57-51)39-28-24-37(25-29-39)35-15-7-4-8-16-35/h3-33H,1-2H3. The fourth-order valence-electron chi connectivity index (χ4n) is 8.89. The van der Waals surface area contributed by atoms with Crippen molar-refractivity contribution in [1.29, 1.82) is 0 Å². The first-order valence-electron chi connectivity index (χ1n) is 19.7. The normalized spacial score (nSPS) is 12.8. The maximum absolute atomic E-state index is 5.26. The number of aromatic nitrogens is 5. The Morgan fingerprint density at radius 3 is 1.60 bits per heavy atom. The average Bonchev–Trinajstić information content (AvgIpc) is 3.75. The molecule has 0 N–H and O–H groups in total. The zero-order valence-corrected chi connectivity index (χ0v) is 32.1. The van der Waals surface area contributed by atoms with Crippen molar-refractivity contribution in [2.45, 2.75) is 19.3 Å². The highest BCUT2D eigenvalue weighted by Gasteiger charge is 2.38. The van der Waals surface area contributed by atoms with Gasteiger partial charge in [0.25, 0.3) is 0 Å². The smallest absolute Gasteiger partial charge is 0.164 e. The molecule has 0 bridgehead atoms. The van der Waals surface area contributed by atoms with E-state index in [1.54, 1.807) is 0 Å². The topological polar surface area (TPSA) is 56.5 Å². The van der Waals surface area contributed by atoms with Crippen molar-refractivity contribution in [2.75, 3.05) is 0 Å². The first-order chi connectivity index (χ1) is 28.5. The lowest BCUT2D eigenvalue weighted by Crippen LogP contribution is -2.17. The molecule has 11 rings (SSSR count). The van der Waals surface area contributed by atoms with Gasteiger partial charge in [0.1, 0.15) is 5.65 Å². The molecule has 0 amide bonds. The second-order valence-electron chi connectivity index (χ2n) is 15.5. The molecule has 0 aliphatic heterocycles. The van der Waals surface area contributed by atoms with Gasteiger partial charge in [-0.2, -0.15) is 0 Å². The van der Waals surface area contributed by atoms with E-state index in [0.29, 0.717) is 17.5 Å². The monoisotopic (exact) mass is 743 g/mol. The fourth-order valence-corrected chi connectivity index (χ4v) is 8.89. The Morgan fingerprint density at radius 2 is 0.948 bits per heavy atom. The third kappa shape index (κ3) is 5.47. The SMILES string of the molecule is CC1(C)c2cc(-n3c4ccccc4c4cccnc43)ccc2-c2cccc(-c3nc(-c4ccc(-c5ccccc5)cc4)nc(-c4ccc(-c5ccccc5)cc4)n3)c21. The van der Waals surface area contributed by atoms with Crippen LogP contribution >= 0.6 is 0 Å². The molecule has 5 heteroatoms. The first kappa shape index (κ1) is 33.8. The molecule has 1 aliphatic rings. The van der Waals surface area contributed by atoms with Crippen LogP contribution in [0.3, 0.4) is 0 Å². The molecular weight excluding hydrogens is 707 g/mol. The summed E-state index contributed by atoms with van der Waals surface area (Å²) in [5.41, 5.74) is 15.2. The molecule has 58 heavy (non-hydrogen) atoms. The quantitative estimate of drug-likeness (QED) is 0.170. The van der Waals surface area contributed by atoms with Gasteiger partial charge in [-0.15, -0.1) is 0 Å². The number of para-hydroxylation sites is 1. The number of fused-ring (bicyclic) bond motifs is 6. The van der Waals surface area contributed by atoms with Crippen LogP contribution in [0.1, 0.15) is 25.0 Å². The van der Waals surface area contributed by atoms with Crippen molar-refractivity contribution in [1.82, 2.24) is 24.5 Å². The highest BCUT2D eigenvalue weighted by molar-refractivity contribution is 6.08. The van der Waals surface area contributed by atoms with Gasteiger partial charge in [0.05, 0.1) is 5.52 Å². The summed E-state index contributed by atoms with van der Waals surface area (Å²) in [6.07, 6.45) is 1.88. The van der Waals surface area contributed by atoms with Gasteiger partial charge in [0.2, 0.25) is 0 Å². The first-order valence-corrected chi connectivity index (χ1v) is 19.7. The van der Waals surface area contributed by atoms with Crippen molar-refractivity contribution in [3.8, 4) is 73.2 Å². The van der Waals surface area contributed by atoms with E-state index < -0.39 is 0 Å². The number of nitrogens with zero attached hydrogens (tertiary/aromatic N) is 5. The summed E-state index contributed by atoms with van der Waals surface area (Å²) < 4.78 is 2.29. The molecule has 7 aromatic carbocycles. The van der Waals surface area contributed by atoms with E-state index in [2.05, 4.69) is 182 Å². The van der Waals surface area contributed by atoms with E-state index in [-0.39, 0.29) is 5.41 Å². The molecular formula is C53H37N5. The molecule has 0 unspecified atom stereocenters. The molecule has 274 valence electrons. The van der Waals surface area contributed by atoms with E-state index >= 15 is 0 Å². The minimum absolute atomic E-state index is 0.356. The summed E-state index contributed by atoms with van der Waals surface area (Å²) in [4.78, 5) is 20.5. The van der Waals surface area contributed by atoms with Gasteiger partial charge in [-0.1, -0.05) is 166 Å². The van der Waals surface area contributed by atoms with Gasteiger partial charge >= 0.3 is 0 Å². The molecule has 0 saturated heterocycles. The second-order valence-corrected chi connectivity index (χ2v) is 15.5. The Hall–Kier alpha value is -7.50. The van der Waals surface area contributed by atoms with Crippen molar-refractivity contribution in [3.63, 3.8) is 0 Å². The van der Waals surface area contributed by atoms with Crippen LogP contribution in [-0.2, 0) is 5.41 Å². The maximum atomic E-state index is 5.26. The number of pyridine rings is 1. The third-order valence-corrected chi connectivity index (χ3v) is 11.7. The van der Waals surface area contributed by atoms with Gasteiger partial charge in [-0.3, -0.25) is 4.57 Å². The second kappa shape index (κ2) is 13.3. The van der Waals surface area contributed by atoms with Gasteiger partial charge in [-0.25, -0.2) is 19.9 Å². The van der Waals surface area contributed by atoms with Crippen LogP contribution in [0.15, 0.2) is 188 Å². The lowest BCUT2D eigenvalue weighted by molar-refractivity contribution is 0.660. The van der Waals surface area contributed by atoms with Crippen LogP contribution in [0.2, 0.25) is 0 Å². The number of benzene rings is 7. The predicted octanol–water partition coefficient (Wildman–Crippen LogP) is 13.0. The van der Waals surface area contributed by atoms with Crippen LogP contribution in [0.4, 0.5) is 0 Å². The molecule has 3 heterocycles. The minimum Gasteiger partial charge on any atom is -0.294 e. The number of rotatable bonds is 6. The molecule has 0 atom stereocenters. The van der Waals surface area contributed by atoms with Crippen molar-refractivity contribution < 1.29 is 0 Å². The summed E-state index contributed by atoms with van der Waals surface area (Å²) in [5.74, 6) is 1.93. The minimum atomic E-state index is -0.356. The van der Waals surface area contributed by atoms with Gasteiger partial charge in [0.15, 0.2) is 17.5 Å². The van der Waals surface area contributed by atoms with Gasteiger partial charge in [0, 0.05) is 44.8 Å². The maximum Gasteiger partial charge on any atom is 0.164 e. The zero-order chi connectivity index (χ0) is 38.8. The van der Waals surface area contributed by atoms with Crippen LogP contribution in [-0.4, -0.2) is 24.5 Å². The highest BCUT2D eigenvalue weighted by Crippen LogP contribution is 2.52. The third-order valence-electron chi connectivity index (χ3n) is 11.7. The van der Waals surface area contributed by atoms with Crippen molar-refractivity contribution in [3.05, 3.63) is 199 Å². The van der Waals surface area contributed by atoms with Crippen molar-refractivity contribution in [2.24, 2.45) is 0 Å². The molecule has 0 radical (unpaired) electrons. The predicted molar refractivity (Wildman–Crippen MR) is 237 cm³/mol. The van der Waals surface area contributed by atoms with E-state index in [0.717, 1.165) is 50.1 Å². The average molecular weight is 744 g/mol. The number of hydrogen-bond donors (Lipinski definition) is 0. The van der Waals surface area contributed by atoms with Crippen LogP contribution in [0.5, 0.6) is 0 Å². The molecule has 0 spiro atoms. The Balaban J connectivity index is 1.05. The molecule has 5 nitrogen and oxygen atoms in total. The lowest BCUT2D eigenvalue weighted by atomic mass is 9.80. The summed E-state index contributed by atoms with van der Waals surface area (Å²) in [6.45, 7) is 4.64. The highest BCUT2D eigenvalue weighted by atomic mass is 15.0. The van der Waals surface area contributed by atoms with Gasteiger partial charge in [-0.05, 0) is 74.8 Å². The molecule has 3 aromatic heterocycles. The van der Waals surface area contributed by atoms with E-state index in [1.165, 1.54) is 38.8 Å². The van der Waals surface area contributed by atoms with Crippen LogP contribution in [0.25, 0.3) is 95.2 Å². The van der Waals surface area contributed by atoms with Crippen molar-refractivity contribution >= 4 is 21.9 Å². The summed E-state index contributed by atoms with van der Waals surface area (Å²) in [5, 5.41) is 2.34. The number of hydrogen-bond acceptors (Lipinski definition) is 4. The van der Waals surface area contributed by atoms with E-state index in [1.807, 2.05) is 24.4 Å². The summed E-state index contributed by atoms with van der Waals surface area (Å²) in [7, 11) is 0. The Morgan fingerprint density at radius 1 is 0.414 bits per heavy atom. The zero-order valence-electron chi connectivity index (χ0n) is 32.1. The molecule has 1 aliphatic carbocycles. The molecule has 10 aromatic rings. The summed E-state index contributed by atoms with van der Waals surface area (Å²) >= 11 is 0. The Labute approximate surface area is 337 Å². The largest absolute Gasteiger partial charge is 0.294 e. The van der Waals surface area contributed by atoms with Crippen LogP contribution < -0.4 is 0 Å². The van der Waals surface area contributed by atoms with Gasteiger partial charge < -0.3 is 0 Å². The molecule has 0 fully saturated rings. The van der Waals surface area contributed by atoms with Crippen LogP contribution in [0, 0.1) is 0 Å². The fraction of sp³-hybridized carbons (Fsp3) is 0.0566.